The molecule has 0 radical (unpaired) electrons. The SMILES string of the molecule is Cc1cccc(C)c1NC(=O)COC(=O)CSc1ccccc1[N+](=O)[O-]. The van der Waals surface area contributed by atoms with Crippen LogP contribution in [-0.2, 0) is 14.3 Å². The lowest BCUT2D eigenvalue weighted by atomic mass is 10.1. The van der Waals surface area contributed by atoms with Crippen LogP contribution in [0.1, 0.15) is 11.1 Å². The van der Waals surface area contributed by atoms with Crippen LogP contribution >= 0.6 is 11.8 Å². The van der Waals surface area contributed by atoms with Crippen molar-refractivity contribution < 1.29 is 19.2 Å². The molecule has 8 heteroatoms. The van der Waals surface area contributed by atoms with Gasteiger partial charge in [-0.2, -0.15) is 0 Å². The zero-order valence-corrected chi connectivity index (χ0v) is 15.2. The summed E-state index contributed by atoms with van der Waals surface area (Å²) >= 11 is 0.996. The number of amides is 1. The smallest absolute Gasteiger partial charge is 0.316 e. The van der Waals surface area contributed by atoms with Gasteiger partial charge in [0.05, 0.1) is 15.6 Å². The molecule has 2 aromatic rings. The van der Waals surface area contributed by atoms with Gasteiger partial charge in [-0.3, -0.25) is 19.7 Å². The molecular formula is C18H18N2O5S. The van der Waals surface area contributed by atoms with E-state index in [0.29, 0.717) is 10.6 Å². The second-order valence-corrected chi connectivity index (χ2v) is 6.51. The predicted octanol–water partition coefficient (Wildman–Crippen LogP) is 3.49. The molecule has 136 valence electrons. The number of carbonyl (C=O) groups is 2. The van der Waals surface area contributed by atoms with E-state index in [1.165, 1.54) is 6.07 Å². The van der Waals surface area contributed by atoms with Crippen LogP contribution in [0.5, 0.6) is 0 Å². The van der Waals surface area contributed by atoms with Gasteiger partial charge in [-0.05, 0) is 31.0 Å². The van der Waals surface area contributed by atoms with E-state index in [-0.39, 0.29) is 11.4 Å². The number of esters is 1. The Morgan fingerprint density at radius 2 is 1.77 bits per heavy atom. The highest BCUT2D eigenvalue weighted by Crippen LogP contribution is 2.28. The average molecular weight is 374 g/mol. The van der Waals surface area contributed by atoms with Gasteiger partial charge in [0.25, 0.3) is 11.6 Å². The maximum atomic E-state index is 12.0. The topological polar surface area (TPSA) is 98.5 Å². The minimum absolute atomic E-state index is 0.0712. The van der Waals surface area contributed by atoms with Crippen LogP contribution in [0, 0.1) is 24.0 Å². The number of carbonyl (C=O) groups excluding carboxylic acids is 2. The maximum Gasteiger partial charge on any atom is 0.316 e. The Labute approximate surface area is 154 Å². The first-order chi connectivity index (χ1) is 12.4. The summed E-state index contributed by atoms with van der Waals surface area (Å²) in [4.78, 5) is 34.5. The molecule has 0 heterocycles. The molecule has 0 atom stereocenters. The molecule has 0 aliphatic heterocycles. The highest BCUT2D eigenvalue weighted by atomic mass is 32.2. The Balaban J connectivity index is 1.84. The standard InChI is InChI=1S/C18H18N2O5S/c1-12-6-5-7-13(2)18(12)19-16(21)10-25-17(22)11-26-15-9-4-3-8-14(15)20(23)24/h3-9H,10-11H2,1-2H3,(H,19,21). The van der Waals surface area contributed by atoms with Crippen LogP contribution in [0.3, 0.4) is 0 Å². The van der Waals surface area contributed by atoms with E-state index in [4.69, 9.17) is 4.74 Å². The number of nitrogens with one attached hydrogen (secondary N) is 1. The lowest BCUT2D eigenvalue weighted by Gasteiger charge is -2.11. The summed E-state index contributed by atoms with van der Waals surface area (Å²) in [6, 6.07) is 11.8. The Hall–Kier alpha value is -2.87. The lowest BCUT2D eigenvalue weighted by Crippen LogP contribution is -2.22. The van der Waals surface area contributed by atoms with Crippen LogP contribution < -0.4 is 5.32 Å². The molecule has 0 spiro atoms. The van der Waals surface area contributed by atoms with Crippen LogP contribution in [0.2, 0.25) is 0 Å². The molecule has 0 saturated carbocycles. The molecule has 0 bridgehead atoms. The number of rotatable bonds is 7. The minimum Gasteiger partial charge on any atom is -0.455 e. The number of nitrogens with zero attached hydrogens (tertiary/aromatic N) is 1. The Morgan fingerprint density at radius 3 is 2.42 bits per heavy atom. The summed E-state index contributed by atoms with van der Waals surface area (Å²) in [6.07, 6.45) is 0. The quantitative estimate of drug-likeness (QED) is 0.345. The number of aryl methyl sites for hydroxylation is 2. The van der Waals surface area contributed by atoms with Crippen LogP contribution in [0.4, 0.5) is 11.4 Å². The molecule has 0 aliphatic rings. The van der Waals surface area contributed by atoms with Crippen molar-refractivity contribution >= 4 is 35.0 Å². The second-order valence-electron chi connectivity index (χ2n) is 5.49. The average Bonchev–Trinajstić information content (AvgIpc) is 2.61. The molecule has 0 saturated heterocycles. The van der Waals surface area contributed by atoms with Crippen molar-refractivity contribution in [2.24, 2.45) is 0 Å². The molecule has 2 rings (SSSR count). The van der Waals surface area contributed by atoms with Crippen molar-refractivity contribution in [3.8, 4) is 0 Å². The highest BCUT2D eigenvalue weighted by molar-refractivity contribution is 8.00. The first-order valence-corrected chi connectivity index (χ1v) is 8.75. The zero-order chi connectivity index (χ0) is 19.1. The van der Waals surface area contributed by atoms with Gasteiger partial charge >= 0.3 is 5.97 Å². The molecule has 2 aromatic carbocycles. The van der Waals surface area contributed by atoms with Crippen LogP contribution in [0.25, 0.3) is 0 Å². The van der Waals surface area contributed by atoms with E-state index >= 15 is 0 Å². The molecule has 26 heavy (non-hydrogen) atoms. The second kappa shape index (κ2) is 9.00. The number of hydrogen-bond acceptors (Lipinski definition) is 6. The number of anilines is 1. The van der Waals surface area contributed by atoms with E-state index in [1.807, 2.05) is 32.0 Å². The maximum absolute atomic E-state index is 12.0. The number of hydrogen-bond donors (Lipinski definition) is 1. The Morgan fingerprint density at radius 1 is 1.12 bits per heavy atom. The monoisotopic (exact) mass is 374 g/mol. The van der Waals surface area contributed by atoms with Crippen molar-refractivity contribution in [1.29, 1.82) is 0 Å². The van der Waals surface area contributed by atoms with Crippen LogP contribution in [-0.4, -0.2) is 29.2 Å². The zero-order valence-electron chi connectivity index (χ0n) is 14.4. The van der Waals surface area contributed by atoms with E-state index in [9.17, 15) is 19.7 Å². The molecular weight excluding hydrogens is 356 g/mol. The molecule has 1 amide bonds. The van der Waals surface area contributed by atoms with Gasteiger partial charge < -0.3 is 10.1 Å². The van der Waals surface area contributed by atoms with Crippen LogP contribution in [0.15, 0.2) is 47.4 Å². The summed E-state index contributed by atoms with van der Waals surface area (Å²) in [5, 5.41) is 13.7. The number of nitro groups is 1. The number of benzene rings is 2. The van der Waals surface area contributed by atoms with Crippen molar-refractivity contribution in [1.82, 2.24) is 0 Å². The lowest BCUT2D eigenvalue weighted by molar-refractivity contribution is -0.387. The summed E-state index contributed by atoms with van der Waals surface area (Å²) in [7, 11) is 0. The minimum atomic E-state index is -0.621. The third kappa shape index (κ3) is 5.32. The van der Waals surface area contributed by atoms with E-state index in [0.717, 1.165) is 22.9 Å². The van der Waals surface area contributed by atoms with Gasteiger partial charge in [-0.15, -0.1) is 11.8 Å². The normalized spacial score (nSPS) is 10.2. The number of ether oxygens (including phenoxy) is 1. The van der Waals surface area contributed by atoms with E-state index in [1.54, 1.807) is 18.2 Å². The predicted molar refractivity (Wildman–Crippen MR) is 99.3 cm³/mol. The Bertz CT molecular complexity index is 818. The summed E-state index contributed by atoms with van der Waals surface area (Å²) in [6.45, 7) is 3.33. The molecule has 7 nitrogen and oxygen atoms in total. The van der Waals surface area contributed by atoms with Crippen molar-refractivity contribution in [2.45, 2.75) is 18.7 Å². The third-order valence-electron chi connectivity index (χ3n) is 3.52. The van der Waals surface area contributed by atoms with Gasteiger partial charge in [0.15, 0.2) is 6.61 Å². The first kappa shape index (κ1) is 19.5. The fourth-order valence-electron chi connectivity index (χ4n) is 2.24. The van der Waals surface area contributed by atoms with Crippen molar-refractivity contribution in [2.75, 3.05) is 17.7 Å². The fraction of sp³-hybridized carbons (Fsp3) is 0.222. The Kier molecular flexibility index (Phi) is 6.74. The largest absolute Gasteiger partial charge is 0.455 e. The first-order valence-electron chi connectivity index (χ1n) is 7.76. The van der Waals surface area contributed by atoms with Gasteiger partial charge in [0.2, 0.25) is 0 Å². The van der Waals surface area contributed by atoms with E-state index < -0.39 is 23.4 Å². The van der Waals surface area contributed by atoms with E-state index in [2.05, 4.69) is 5.32 Å². The summed E-state index contributed by atoms with van der Waals surface area (Å²) in [5.41, 5.74) is 2.45. The summed E-state index contributed by atoms with van der Waals surface area (Å²) in [5.74, 6) is -1.18. The summed E-state index contributed by atoms with van der Waals surface area (Å²) < 4.78 is 4.94. The van der Waals surface area contributed by atoms with Crippen molar-refractivity contribution in [3.63, 3.8) is 0 Å². The van der Waals surface area contributed by atoms with Gasteiger partial charge in [0, 0.05) is 11.8 Å². The molecule has 1 N–H and O–H groups in total. The van der Waals surface area contributed by atoms with Gasteiger partial charge in [-0.1, -0.05) is 30.3 Å². The fourth-order valence-corrected chi connectivity index (χ4v) is 3.06. The highest BCUT2D eigenvalue weighted by Gasteiger charge is 2.15. The third-order valence-corrected chi connectivity index (χ3v) is 4.55. The van der Waals surface area contributed by atoms with Gasteiger partial charge in [-0.25, -0.2) is 0 Å². The molecule has 0 aliphatic carbocycles. The number of thioether (sulfide) groups is 1. The molecule has 0 aromatic heterocycles. The number of para-hydroxylation sites is 2. The number of nitro benzene ring substituents is 1. The van der Waals surface area contributed by atoms with Gasteiger partial charge in [0.1, 0.15) is 0 Å². The van der Waals surface area contributed by atoms with Crippen molar-refractivity contribution in [3.05, 3.63) is 63.7 Å². The molecule has 0 unspecified atom stereocenters. The molecule has 0 fully saturated rings.